The number of thioether (sulfide) groups is 1. The van der Waals surface area contributed by atoms with E-state index in [1.807, 2.05) is 24.3 Å². The zero-order valence-electron chi connectivity index (χ0n) is 14.2. The molecule has 0 unspecified atom stereocenters. The van der Waals surface area contributed by atoms with Crippen molar-refractivity contribution < 1.29 is 14.0 Å². The number of rotatable bonds is 5. The number of carbonyl (C=O) groups excluding carboxylic acids is 2. The summed E-state index contributed by atoms with van der Waals surface area (Å²) in [7, 11) is 0. The third-order valence-corrected chi connectivity index (χ3v) is 5.95. The minimum atomic E-state index is -0.561. The third-order valence-electron chi connectivity index (χ3n) is 3.79. The molecule has 1 fully saturated rings. The van der Waals surface area contributed by atoms with Crippen LogP contribution < -0.4 is 5.32 Å². The molecular weight excluding hydrogens is 487 g/mol. The fraction of sp³-hybridized carbons (Fsp3) is 0.105. The molecular formula is C19H13BrClFN2O2S2. The number of amides is 2. The molecule has 0 saturated carbocycles. The summed E-state index contributed by atoms with van der Waals surface area (Å²) in [6.07, 6.45) is 1.82. The second kappa shape index (κ2) is 9.17. The van der Waals surface area contributed by atoms with Crippen LogP contribution in [-0.2, 0) is 9.59 Å². The van der Waals surface area contributed by atoms with Gasteiger partial charge in [0.1, 0.15) is 10.1 Å². The van der Waals surface area contributed by atoms with E-state index < -0.39 is 5.82 Å². The lowest BCUT2D eigenvalue weighted by Gasteiger charge is -2.14. The van der Waals surface area contributed by atoms with Gasteiger partial charge in [-0.25, -0.2) is 4.39 Å². The third kappa shape index (κ3) is 5.20. The van der Waals surface area contributed by atoms with Gasteiger partial charge in [-0.1, -0.05) is 63.6 Å². The van der Waals surface area contributed by atoms with E-state index in [4.69, 9.17) is 23.8 Å². The maximum Gasteiger partial charge on any atom is 0.266 e. The van der Waals surface area contributed by atoms with Crippen LogP contribution in [0.2, 0.25) is 5.02 Å². The van der Waals surface area contributed by atoms with E-state index in [0.29, 0.717) is 14.9 Å². The van der Waals surface area contributed by atoms with Crippen LogP contribution in [0.5, 0.6) is 0 Å². The van der Waals surface area contributed by atoms with Crippen LogP contribution in [0.1, 0.15) is 12.0 Å². The van der Waals surface area contributed by atoms with Crippen LogP contribution in [0, 0.1) is 5.82 Å². The van der Waals surface area contributed by atoms with E-state index in [1.54, 1.807) is 6.08 Å². The Morgan fingerprint density at radius 2 is 2.11 bits per heavy atom. The fourth-order valence-corrected chi connectivity index (χ4v) is 4.36. The Morgan fingerprint density at radius 1 is 1.32 bits per heavy atom. The molecule has 1 heterocycles. The highest BCUT2D eigenvalue weighted by atomic mass is 79.9. The van der Waals surface area contributed by atoms with Crippen molar-refractivity contribution in [3.8, 4) is 0 Å². The first kappa shape index (κ1) is 21.0. The van der Waals surface area contributed by atoms with Gasteiger partial charge in [-0.05, 0) is 42.0 Å². The largest absolute Gasteiger partial charge is 0.326 e. The number of nitrogens with zero attached hydrogens (tertiary/aromatic N) is 1. The van der Waals surface area contributed by atoms with Crippen LogP contribution in [0.4, 0.5) is 10.1 Å². The quantitative estimate of drug-likeness (QED) is 0.438. The zero-order valence-corrected chi connectivity index (χ0v) is 18.2. The maximum absolute atomic E-state index is 13.2. The molecule has 0 spiro atoms. The van der Waals surface area contributed by atoms with E-state index in [1.165, 1.54) is 34.9 Å². The first-order chi connectivity index (χ1) is 13.3. The molecule has 0 radical (unpaired) electrons. The van der Waals surface area contributed by atoms with Gasteiger partial charge in [-0.2, -0.15) is 0 Å². The number of nitrogens with one attached hydrogen (secondary N) is 1. The number of hydrogen-bond donors (Lipinski definition) is 1. The van der Waals surface area contributed by atoms with Gasteiger partial charge < -0.3 is 5.32 Å². The summed E-state index contributed by atoms with van der Waals surface area (Å²) in [6, 6.07) is 11.5. The summed E-state index contributed by atoms with van der Waals surface area (Å²) < 4.78 is 14.5. The second-order valence-electron chi connectivity index (χ2n) is 5.82. The molecule has 1 aliphatic rings. The summed E-state index contributed by atoms with van der Waals surface area (Å²) in [4.78, 5) is 26.6. The van der Waals surface area contributed by atoms with Gasteiger partial charge in [0.2, 0.25) is 5.91 Å². The Morgan fingerprint density at radius 3 is 2.82 bits per heavy atom. The molecule has 0 bridgehead atoms. The van der Waals surface area contributed by atoms with Crippen molar-refractivity contribution in [2.45, 2.75) is 6.42 Å². The number of anilines is 1. The van der Waals surface area contributed by atoms with Gasteiger partial charge in [0.15, 0.2) is 0 Å². The molecule has 2 aromatic rings. The number of carbonyl (C=O) groups is 2. The molecule has 144 valence electrons. The molecule has 4 nitrogen and oxygen atoms in total. The summed E-state index contributed by atoms with van der Waals surface area (Å²) in [5, 5.41) is 2.55. The normalized spacial score (nSPS) is 15.4. The molecule has 0 atom stereocenters. The molecule has 1 N–H and O–H groups in total. The highest BCUT2D eigenvalue weighted by Crippen LogP contribution is 2.33. The van der Waals surface area contributed by atoms with E-state index in [9.17, 15) is 14.0 Å². The van der Waals surface area contributed by atoms with E-state index in [-0.39, 0.29) is 29.8 Å². The average molecular weight is 500 g/mol. The van der Waals surface area contributed by atoms with Crippen LogP contribution >= 0.6 is 51.5 Å². The van der Waals surface area contributed by atoms with Crippen molar-refractivity contribution in [2.75, 3.05) is 11.9 Å². The summed E-state index contributed by atoms with van der Waals surface area (Å²) in [6.45, 7) is 0.154. The number of thiocarbonyl (C=S) groups is 1. The van der Waals surface area contributed by atoms with E-state index >= 15 is 0 Å². The van der Waals surface area contributed by atoms with Gasteiger partial charge >= 0.3 is 0 Å². The molecule has 9 heteroatoms. The summed E-state index contributed by atoms with van der Waals surface area (Å²) in [5.41, 5.74) is 1.26. The Bertz CT molecular complexity index is 1000. The van der Waals surface area contributed by atoms with Crippen LogP contribution in [0.3, 0.4) is 0 Å². The predicted octanol–water partition coefficient (Wildman–Crippen LogP) is 5.47. The number of halogens is 3. The summed E-state index contributed by atoms with van der Waals surface area (Å²) in [5.74, 6) is -1.12. The predicted molar refractivity (Wildman–Crippen MR) is 119 cm³/mol. The summed E-state index contributed by atoms with van der Waals surface area (Å²) >= 11 is 15.6. The second-order valence-corrected chi connectivity index (χ2v) is 8.81. The minimum Gasteiger partial charge on any atom is -0.326 e. The highest BCUT2D eigenvalue weighted by molar-refractivity contribution is 9.10. The van der Waals surface area contributed by atoms with Crippen molar-refractivity contribution in [1.29, 1.82) is 0 Å². The minimum absolute atomic E-state index is 0.0472. The Hall–Kier alpha value is -1.74. The topological polar surface area (TPSA) is 49.4 Å². The van der Waals surface area contributed by atoms with Crippen molar-refractivity contribution in [3.05, 3.63) is 68.2 Å². The lowest BCUT2D eigenvalue weighted by molar-refractivity contribution is -0.122. The van der Waals surface area contributed by atoms with Crippen molar-refractivity contribution in [3.63, 3.8) is 0 Å². The molecule has 28 heavy (non-hydrogen) atoms. The molecule has 0 aliphatic carbocycles. The van der Waals surface area contributed by atoms with Crippen molar-refractivity contribution in [1.82, 2.24) is 4.90 Å². The number of hydrogen-bond acceptors (Lipinski definition) is 4. The van der Waals surface area contributed by atoms with E-state index in [2.05, 4.69) is 21.2 Å². The zero-order chi connectivity index (χ0) is 20.3. The molecule has 1 aliphatic heterocycles. The van der Waals surface area contributed by atoms with Gasteiger partial charge in [0.25, 0.3) is 5.91 Å². The van der Waals surface area contributed by atoms with Gasteiger partial charge in [0.05, 0.1) is 9.93 Å². The Kier molecular flexibility index (Phi) is 6.87. The highest BCUT2D eigenvalue weighted by Gasteiger charge is 2.32. The monoisotopic (exact) mass is 498 g/mol. The molecule has 2 aromatic carbocycles. The maximum atomic E-state index is 13.2. The Labute approximate surface area is 184 Å². The van der Waals surface area contributed by atoms with Crippen molar-refractivity contribution >= 4 is 79.4 Å². The average Bonchev–Trinajstić information content (AvgIpc) is 2.90. The first-order valence-corrected chi connectivity index (χ1v) is 10.5. The van der Waals surface area contributed by atoms with Gasteiger partial charge in [-0.15, -0.1) is 0 Å². The SMILES string of the molecule is O=C(CCN1C(=O)/C(=C\c2cccc(Br)c2)SC1=S)Nc1ccc(F)c(Cl)c1. The van der Waals surface area contributed by atoms with Crippen LogP contribution in [0.15, 0.2) is 51.8 Å². The first-order valence-electron chi connectivity index (χ1n) is 8.09. The molecule has 2 amide bonds. The molecule has 3 rings (SSSR count). The lowest BCUT2D eigenvalue weighted by atomic mass is 10.2. The lowest BCUT2D eigenvalue weighted by Crippen LogP contribution is -2.31. The van der Waals surface area contributed by atoms with Gasteiger partial charge in [0, 0.05) is 23.1 Å². The Balaban J connectivity index is 1.61. The van der Waals surface area contributed by atoms with Crippen LogP contribution in [-0.4, -0.2) is 27.6 Å². The molecule has 1 saturated heterocycles. The van der Waals surface area contributed by atoms with Gasteiger partial charge in [-0.3, -0.25) is 14.5 Å². The smallest absolute Gasteiger partial charge is 0.266 e. The molecule has 0 aromatic heterocycles. The fourth-order valence-electron chi connectivity index (χ4n) is 2.45. The number of benzene rings is 2. The standard InChI is InChI=1S/C19H13BrClFN2O2S2/c20-12-3-1-2-11(8-12)9-16-18(26)24(19(27)28-16)7-6-17(25)23-13-4-5-15(22)14(21)10-13/h1-5,8-10H,6-7H2,(H,23,25)/b16-9+. The van der Waals surface area contributed by atoms with E-state index in [0.717, 1.165) is 10.0 Å². The van der Waals surface area contributed by atoms with Crippen molar-refractivity contribution in [2.24, 2.45) is 0 Å². The van der Waals surface area contributed by atoms with Crippen LogP contribution in [0.25, 0.3) is 6.08 Å².